The van der Waals surface area contributed by atoms with Crippen molar-refractivity contribution in [3.8, 4) is 11.5 Å². The van der Waals surface area contributed by atoms with Gasteiger partial charge in [0.2, 0.25) is 0 Å². The molecule has 0 spiro atoms. The molecule has 2 aromatic carbocycles. The minimum Gasteiger partial charge on any atom is -0.493 e. The lowest BCUT2D eigenvalue weighted by molar-refractivity contribution is 0.0943. The van der Waals surface area contributed by atoms with Crippen molar-refractivity contribution >= 4 is 17.2 Å². The molecule has 0 fully saturated rings. The Labute approximate surface area is 234 Å². The van der Waals surface area contributed by atoms with E-state index in [4.69, 9.17) is 13.9 Å². The lowest BCUT2D eigenvalue weighted by Crippen LogP contribution is -2.26. The smallest absolute Gasteiger partial charge is 0.271 e. The van der Waals surface area contributed by atoms with Crippen molar-refractivity contribution in [2.45, 2.75) is 52.2 Å². The minimum atomic E-state index is -0.205. The van der Waals surface area contributed by atoms with Crippen LogP contribution in [0.15, 0.2) is 70.7 Å². The van der Waals surface area contributed by atoms with E-state index in [0.29, 0.717) is 24.5 Å². The van der Waals surface area contributed by atoms with E-state index in [1.165, 1.54) is 22.5 Å². The molecule has 0 saturated carbocycles. The molecule has 2 aromatic heterocycles. The van der Waals surface area contributed by atoms with Crippen LogP contribution in [0.25, 0.3) is 0 Å². The number of aromatic nitrogens is 1. The summed E-state index contributed by atoms with van der Waals surface area (Å²) in [5.74, 6) is 1.95. The Morgan fingerprint density at radius 3 is 2.41 bits per heavy atom. The summed E-state index contributed by atoms with van der Waals surface area (Å²) in [7, 11) is 3.30. The van der Waals surface area contributed by atoms with Gasteiger partial charge in [0.15, 0.2) is 11.5 Å². The lowest BCUT2D eigenvalue weighted by Gasteiger charge is -2.23. The van der Waals surface area contributed by atoms with Crippen LogP contribution in [-0.4, -0.2) is 36.6 Å². The van der Waals surface area contributed by atoms with Crippen LogP contribution in [0.2, 0.25) is 0 Å². The van der Waals surface area contributed by atoms with Crippen LogP contribution in [-0.2, 0) is 31.5 Å². The molecule has 0 aliphatic heterocycles. The number of methoxy groups -OCH3 is 2. The number of nitrogens with one attached hydrogen (secondary N) is 1. The van der Waals surface area contributed by atoms with Crippen LogP contribution in [0.3, 0.4) is 0 Å². The maximum Gasteiger partial charge on any atom is 0.271 e. The van der Waals surface area contributed by atoms with Gasteiger partial charge in [-0.05, 0) is 52.8 Å². The Kier molecular flexibility index (Phi) is 9.43. The van der Waals surface area contributed by atoms with E-state index in [2.05, 4.69) is 66.3 Å². The minimum absolute atomic E-state index is 0.112. The number of carbonyl (C=O) groups is 1. The zero-order valence-corrected chi connectivity index (χ0v) is 24.1. The number of nitrogens with zero attached hydrogens (tertiary/aromatic N) is 2. The first kappa shape index (κ1) is 28.4. The SMILES string of the molecule is COc1ccc(CCN(Cc2ccc(C(C)(C)C)cc2)Cc2nc(C(=O)NCc3ccco3)cs2)cc1OC. The standard InChI is InChI=1S/C31H37N3O4S/c1-31(2,3)24-11-8-23(9-12-24)19-34(15-14-22-10-13-27(36-4)28(17-22)37-5)20-29-33-26(21-39-29)30(35)32-18-25-7-6-16-38-25/h6-13,16-17,21H,14-15,18-20H2,1-5H3,(H,32,35). The Balaban J connectivity index is 1.46. The monoisotopic (exact) mass is 547 g/mol. The quantitative estimate of drug-likeness (QED) is 0.227. The molecule has 0 unspecified atom stereocenters. The van der Waals surface area contributed by atoms with Crippen LogP contribution in [0.1, 0.15) is 58.7 Å². The summed E-state index contributed by atoms with van der Waals surface area (Å²) in [5, 5.41) is 5.58. The molecule has 0 saturated heterocycles. The van der Waals surface area contributed by atoms with Crippen molar-refractivity contribution in [2.24, 2.45) is 0 Å². The number of hydrogen-bond acceptors (Lipinski definition) is 7. The molecule has 4 rings (SSSR count). The summed E-state index contributed by atoms with van der Waals surface area (Å²) in [6.07, 6.45) is 2.43. The Morgan fingerprint density at radius 1 is 1.00 bits per heavy atom. The molecule has 2 heterocycles. The van der Waals surface area contributed by atoms with E-state index in [1.54, 1.807) is 26.5 Å². The van der Waals surface area contributed by atoms with Crippen LogP contribution < -0.4 is 14.8 Å². The zero-order valence-electron chi connectivity index (χ0n) is 23.3. The Morgan fingerprint density at radius 2 is 1.74 bits per heavy atom. The highest BCUT2D eigenvalue weighted by Crippen LogP contribution is 2.28. The van der Waals surface area contributed by atoms with E-state index in [9.17, 15) is 4.79 Å². The molecule has 0 aliphatic carbocycles. The van der Waals surface area contributed by atoms with Gasteiger partial charge < -0.3 is 19.2 Å². The molecule has 7 nitrogen and oxygen atoms in total. The van der Waals surface area contributed by atoms with E-state index < -0.39 is 0 Å². The summed E-state index contributed by atoms with van der Waals surface area (Å²) in [5.41, 5.74) is 4.26. The molecular formula is C31H37N3O4S. The third-order valence-electron chi connectivity index (χ3n) is 6.54. The van der Waals surface area contributed by atoms with E-state index in [1.807, 2.05) is 23.6 Å². The normalized spacial score (nSPS) is 11.5. The zero-order chi connectivity index (χ0) is 27.8. The largest absolute Gasteiger partial charge is 0.493 e. The van der Waals surface area contributed by atoms with Gasteiger partial charge in [-0.3, -0.25) is 9.69 Å². The van der Waals surface area contributed by atoms with Gasteiger partial charge in [0.05, 0.1) is 33.6 Å². The topological polar surface area (TPSA) is 76.8 Å². The number of rotatable bonds is 12. The molecule has 0 radical (unpaired) electrons. The Bertz CT molecular complexity index is 1340. The van der Waals surface area contributed by atoms with Gasteiger partial charge in [-0.2, -0.15) is 0 Å². The molecule has 206 valence electrons. The van der Waals surface area contributed by atoms with Gasteiger partial charge in [0, 0.05) is 18.5 Å². The first-order valence-electron chi connectivity index (χ1n) is 13.0. The summed E-state index contributed by atoms with van der Waals surface area (Å²) in [6, 6.07) is 18.5. The lowest BCUT2D eigenvalue weighted by atomic mass is 9.87. The highest BCUT2D eigenvalue weighted by molar-refractivity contribution is 7.09. The second-order valence-electron chi connectivity index (χ2n) is 10.5. The molecule has 1 N–H and O–H groups in total. The van der Waals surface area contributed by atoms with Crippen molar-refractivity contribution in [1.29, 1.82) is 0 Å². The summed E-state index contributed by atoms with van der Waals surface area (Å²) >= 11 is 1.51. The number of benzene rings is 2. The predicted octanol–water partition coefficient (Wildman–Crippen LogP) is 6.23. The molecule has 1 amide bonds. The average Bonchev–Trinajstić information content (AvgIpc) is 3.62. The highest BCUT2D eigenvalue weighted by atomic mass is 32.1. The first-order valence-corrected chi connectivity index (χ1v) is 13.9. The number of ether oxygens (including phenoxy) is 2. The molecule has 4 aromatic rings. The molecule has 0 atom stereocenters. The first-order chi connectivity index (χ1) is 18.7. The number of carbonyl (C=O) groups excluding carboxylic acids is 1. The van der Waals surface area contributed by atoms with Gasteiger partial charge in [-0.25, -0.2) is 4.98 Å². The van der Waals surface area contributed by atoms with Crippen LogP contribution >= 0.6 is 11.3 Å². The third-order valence-corrected chi connectivity index (χ3v) is 7.37. The van der Waals surface area contributed by atoms with E-state index in [-0.39, 0.29) is 11.3 Å². The molecule has 0 bridgehead atoms. The molecular weight excluding hydrogens is 510 g/mol. The van der Waals surface area contributed by atoms with Crippen LogP contribution in [0.4, 0.5) is 0 Å². The van der Waals surface area contributed by atoms with Crippen molar-refractivity contribution < 1.29 is 18.7 Å². The number of furan rings is 1. The van der Waals surface area contributed by atoms with Gasteiger partial charge >= 0.3 is 0 Å². The van der Waals surface area contributed by atoms with Gasteiger partial charge in [-0.1, -0.05) is 51.1 Å². The van der Waals surface area contributed by atoms with E-state index in [0.717, 1.165) is 41.6 Å². The predicted molar refractivity (Wildman–Crippen MR) is 154 cm³/mol. The maximum absolute atomic E-state index is 12.6. The number of hydrogen-bond donors (Lipinski definition) is 1. The maximum atomic E-state index is 12.6. The second-order valence-corrected chi connectivity index (χ2v) is 11.4. The summed E-state index contributed by atoms with van der Waals surface area (Å²) in [6.45, 7) is 9.24. The number of thiazole rings is 1. The highest BCUT2D eigenvalue weighted by Gasteiger charge is 2.17. The fourth-order valence-corrected chi connectivity index (χ4v) is 5.07. The van der Waals surface area contributed by atoms with Crippen molar-refractivity contribution in [1.82, 2.24) is 15.2 Å². The number of amides is 1. The molecule has 0 aliphatic rings. The van der Waals surface area contributed by atoms with Gasteiger partial charge in [-0.15, -0.1) is 11.3 Å². The molecule has 39 heavy (non-hydrogen) atoms. The Hall–Kier alpha value is -3.62. The van der Waals surface area contributed by atoms with Gasteiger partial charge in [0.1, 0.15) is 16.5 Å². The van der Waals surface area contributed by atoms with E-state index >= 15 is 0 Å². The summed E-state index contributed by atoms with van der Waals surface area (Å²) < 4.78 is 16.2. The third kappa shape index (κ3) is 7.94. The fourth-order valence-electron chi connectivity index (χ4n) is 4.26. The molecule has 8 heteroatoms. The summed E-state index contributed by atoms with van der Waals surface area (Å²) in [4.78, 5) is 19.6. The van der Waals surface area contributed by atoms with Crippen molar-refractivity contribution in [2.75, 3.05) is 20.8 Å². The fraction of sp³-hybridized carbons (Fsp3) is 0.355. The second kappa shape index (κ2) is 13.0. The average molecular weight is 548 g/mol. The van der Waals surface area contributed by atoms with Crippen LogP contribution in [0, 0.1) is 0 Å². The van der Waals surface area contributed by atoms with Gasteiger partial charge in [0.25, 0.3) is 5.91 Å². The van der Waals surface area contributed by atoms with Crippen LogP contribution in [0.5, 0.6) is 11.5 Å². The van der Waals surface area contributed by atoms with Crippen molar-refractivity contribution in [3.05, 3.63) is 99.4 Å². The van der Waals surface area contributed by atoms with Crippen molar-refractivity contribution in [3.63, 3.8) is 0 Å².